The zero-order chi connectivity index (χ0) is 19.6. The second-order valence-electron chi connectivity index (χ2n) is 6.02. The van der Waals surface area contributed by atoms with E-state index in [1.54, 1.807) is 38.1 Å². The lowest BCUT2D eigenvalue weighted by molar-refractivity contribution is -0.120. The van der Waals surface area contributed by atoms with E-state index >= 15 is 0 Å². The van der Waals surface area contributed by atoms with E-state index in [1.807, 2.05) is 0 Å². The molecule has 1 atom stereocenters. The molecule has 0 radical (unpaired) electrons. The van der Waals surface area contributed by atoms with Crippen LogP contribution in [0.1, 0.15) is 27.6 Å². The third-order valence-electron chi connectivity index (χ3n) is 3.96. The summed E-state index contributed by atoms with van der Waals surface area (Å²) in [4.78, 5) is 23.8. The van der Waals surface area contributed by atoms with Crippen molar-refractivity contribution in [2.75, 3.05) is 6.61 Å². The summed E-state index contributed by atoms with van der Waals surface area (Å²) < 4.78 is 16.3. The highest BCUT2D eigenvalue weighted by Gasteiger charge is 2.23. The number of carbonyl (C=O) groups is 2. The summed E-state index contributed by atoms with van der Waals surface area (Å²) in [5.41, 5.74) is 6.52. The molecule has 0 aliphatic rings. The summed E-state index contributed by atoms with van der Waals surface area (Å²) in [6.07, 6.45) is 0. The molecule has 2 aromatic heterocycles. The molecule has 2 amide bonds. The first-order valence-electron chi connectivity index (χ1n) is 8.18. The SMILES string of the molecule is Cc1cc(COc2ccc3oc(C)c(C(=O)N[C@@H](CO)C(N)=O)c3c2)no1. The Hall–Kier alpha value is -3.33. The number of amides is 2. The molecule has 142 valence electrons. The number of aliphatic hydroxyl groups is 1. The number of aliphatic hydroxyl groups excluding tert-OH is 1. The molecular weight excluding hydrogens is 354 g/mol. The van der Waals surface area contributed by atoms with Crippen LogP contribution in [0.3, 0.4) is 0 Å². The standard InChI is InChI=1S/C18H19N3O6/c1-9-5-11(21-27-9)8-25-12-3-4-15-13(6-12)16(10(2)26-15)18(24)20-14(7-22)17(19)23/h3-6,14,22H,7-8H2,1-2H3,(H2,19,23)(H,20,24)/t14-/m0/s1. The second kappa shape index (κ2) is 7.50. The smallest absolute Gasteiger partial charge is 0.256 e. The minimum atomic E-state index is -1.18. The first kappa shape index (κ1) is 18.5. The Morgan fingerprint density at radius 1 is 1.33 bits per heavy atom. The van der Waals surface area contributed by atoms with E-state index in [-0.39, 0.29) is 12.2 Å². The van der Waals surface area contributed by atoms with E-state index < -0.39 is 24.5 Å². The van der Waals surface area contributed by atoms with E-state index in [4.69, 9.17) is 19.4 Å². The molecule has 3 rings (SSSR count). The largest absolute Gasteiger partial charge is 0.487 e. The van der Waals surface area contributed by atoms with Gasteiger partial charge in [0.05, 0.1) is 12.2 Å². The van der Waals surface area contributed by atoms with E-state index in [1.165, 1.54) is 0 Å². The van der Waals surface area contributed by atoms with Gasteiger partial charge >= 0.3 is 0 Å². The lowest BCUT2D eigenvalue weighted by atomic mass is 10.1. The Labute approximate surface area is 154 Å². The van der Waals surface area contributed by atoms with Crippen molar-refractivity contribution in [1.82, 2.24) is 10.5 Å². The lowest BCUT2D eigenvalue weighted by Gasteiger charge is -2.12. The number of hydrogen-bond acceptors (Lipinski definition) is 7. The molecule has 4 N–H and O–H groups in total. The number of ether oxygens (including phenoxy) is 1. The minimum Gasteiger partial charge on any atom is -0.487 e. The molecular formula is C18H19N3O6. The number of fused-ring (bicyclic) bond motifs is 1. The zero-order valence-corrected chi connectivity index (χ0v) is 14.8. The van der Waals surface area contributed by atoms with E-state index in [9.17, 15) is 14.7 Å². The summed E-state index contributed by atoms with van der Waals surface area (Å²) >= 11 is 0. The van der Waals surface area contributed by atoms with Crippen LogP contribution in [-0.2, 0) is 11.4 Å². The Balaban J connectivity index is 1.85. The van der Waals surface area contributed by atoms with Gasteiger partial charge in [0.1, 0.15) is 41.2 Å². The monoisotopic (exact) mass is 373 g/mol. The maximum absolute atomic E-state index is 12.6. The van der Waals surface area contributed by atoms with Gasteiger partial charge in [-0.2, -0.15) is 0 Å². The zero-order valence-electron chi connectivity index (χ0n) is 14.8. The molecule has 0 spiro atoms. The summed E-state index contributed by atoms with van der Waals surface area (Å²) in [6, 6.07) is 5.63. The van der Waals surface area contributed by atoms with Crippen LogP contribution in [0, 0.1) is 13.8 Å². The maximum Gasteiger partial charge on any atom is 0.256 e. The van der Waals surface area contributed by atoms with Gasteiger partial charge in [-0.3, -0.25) is 9.59 Å². The van der Waals surface area contributed by atoms with E-state index in [0.717, 1.165) is 0 Å². The molecule has 27 heavy (non-hydrogen) atoms. The van der Waals surface area contributed by atoms with E-state index in [0.29, 0.717) is 33.9 Å². The summed E-state index contributed by atoms with van der Waals surface area (Å²) in [5, 5.41) is 15.9. The second-order valence-corrected chi connectivity index (χ2v) is 6.02. The molecule has 2 heterocycles. The quantitative estimate of drug-likeness (QED) is 0.565. The third-order valence-corrected chi connectivity index (χ3v) is 3.96. The number of rotatable bonds is 7. The van der Waals surface area contributed by atoms with Gasteiger partial charge in [-0.25, -0.2) is 0 Å². The van der Waals surface area contributed by atoms with Crippen LogP contribution in [0.5, 0.6) is 5.75 Å². The third kappa shape index (κ3) is 3.93. The number of primary amides is 1. The number of aryl methyl sites for hydroxylation is 2. The van der Waals surface area contributed by atoms with Gasteiger partial charge in [-0.05, 0) is 32.0 Å². The highest BCUT2D eigenvalue weighted by atomic mass is 16.5. The van der Waals surface area contributed by atoms with Gasteiger partial charge in [-0.1, -0.05) is 5.16 Å². The van der Waals surface area contributed by atoms with Crippen molar-refractivity contribution in [3.05, 3.63) is 47.0 Å². The number of carbonyl (C=O) groups excluding carboxylic acids is 2. The highest BCUT2D eigenvalue weighted by molar-refractivity contribution is 6.08. The number of nitrogens with zero attached hydrogens (tertiary/aromatic N) is 1. The molecule has 1 aromatic carbocycles. The molecule has 0 unspecified atom stereocenters. The van der Waals surface area contributed by atoms with Crippen LogP contribution in [-0.4, -0.2) is 34.7 Å². The molecule has 0 saturated heterocycles. The topological polar surface area (TPSA) is 141 Å². The number of nitrogens with two attached hydrogens (primary N) is 1. The molecule has 0 fully saturated rings. The van der Waals surface area contributed by atoms with Gasteiger partial charge in [0.15, 0.2) is 0 Å². The van der Waals surface area contributed by atoms with Crippen molar-refractivity contribution < 1.29 is 28.4 Å². The Morgan fingerprint density at radius 3 is 2.74 bits per heavy atom. The fourth-order valence-corrected chi connectivity index (χ4v) is 2.65. The van der Waals surface area contributed by atoms with Gasteiger partial charge in [0.2, 0.25) is 5.91 Å². The number of furan rings is 1. The number of aromatic nitrogens is 1. The van der Waals surface area contributed by atoms with Crippen LogP contribution in [0.15, 0.2) is 33.2 Å². The summed E-state index contributed by atoms with van der Waals surface area (Å²) in [5.74, 6) is 0.150. The van der Waals surface area contributed by atoms with Crippen LogP contribution >= 0.6 is 0 Å². The van der Waals surface area contributed by atoms with Crippen molar-refractivity contribution in [3.63, 3.8) is 0 Å². The maximum atomic E-state index is 12.6. The average molecular weight is 373 g/mol. The lowest BCUT2D eigenvalue weighted by Crippen LogP contribution is -2.46. The molecule has 0 aliphatic carbocycles. The fraction of sp³-hybridized carbons (Fsp3) is 0.278. The molecule has 0 bridgehead atoms. The van der Waals surface area contributed by atoms with Crippen LogP contribution in [0.2, 0.25) is 0 Å². The minimum absolute atomic E-state index is 0.204. The Morgan fingerprint density at radius 2 is 2.11 bits per heavy atom. The Bertz CT molecular complexity index is 990. The molecule has 9 nitrogen and oxygen atoms in total. The van der Waals surface area contributed by atoms with E-state index in [2.05, 4.69) is 10.5 Å². The van der Waals surface area contributed by atoms with Crippen LogP contribution < -0.4 is 15.8 Å². The van der Waals surface area contributed by atoms with Crippen molar-refractivity contribution in [3.8, 4) is 5.75 Å². The fourth-order valence-electron chi connectivity index (χ4n) is 2.65. The first-order chi connectivity index (χ1) is 12.9. The van der Waals surface area contributed by atoms with Crippen molar-refractivity contribution in [2.45, 2.75) is 26.5 Å². The predicted molar refractivity (Wildman–Crippen MR) is 94.1 cm³/mol. The molecule has 0 saturated carbocycles. The number of nitrogens with one attached hydrogen (secondary N) is 1. The predicted octanol–water partition coefficient (Wildman–Crippen LogP) is 1.19. The van der Waals surface area contributed by atoms with Crippen LogP contribution in [0.25, 0.3) is 11.0 Å². The number of hydrogen-bond donors (Lipinski definition) is 3. The van der Waals surface area contributed by atoms with Gasteiger partial charge in [0.25, 0.3) is 5.91 Å². The van der Waals surface area contributed by atoms with Crippen molar-refractivity contribution in [2.24, 2.45) is 5.73 Å². The van der Waals surface area contributed by atoms with Gasteiger partial charge < -0.3 is 29.8 Å². The van der Waals surface area contributed by atoms with Gasteiger partial charge in [-0.15, -0.1) is 0 Å². The highest BCUT2D eigenvalue weighted by Crippen LogP contribution is 2.29. The van der Waals surface area contributed by atoms with Crippen molar-refractivity contribution >= 4 is 22.8 Å². The Kier molecular flexibility index (Phi) is 5.13. The summed E-state index contributed by atoms with van der Waals surface area (Å²) in [6.45, 7) is 3.02. The normalized spacial score (nSPS) is 12.1. The average Bonchev–Trinajstić information content (AvgIpc) is 3.19. The molecule has 3 aromatic rings. The van der Waals surface area contributed by atoms with Gasteiger partial charge in [0, 0.05) is 11.5 Å². The molecule has 9 heteroatoms. The summed E-state index contributed by atoms with van der Waals surface area (Å²) in [7, 11) is 0. The van der Waals surface area contributed by atoms with Crippen molar-refractivity contribution in [1.29, 1.82) is 0 Å². The first-order valence-corrected chi connectivity index (χ1v) is 8.18. The molecule has 0 aliphatic heterocycles. The number of benzene rings is 1. The van der Waals surface area contributed by atoms with Crippen LogP contribution in [0.4, 0.5) is 0 Å².